The van der Waals surface area contributed by atoms with Crippen LogP contribution in [-0.4, -0.2) is 9.97 Å². The summed E-state index contributed by atoms with van der Waals surface area (Å²) in [5, 5.41) is 0. The first-order chi connectivity index (χ1) is 6.33. The summed E-state index contributed by atoms with van der Waals surface area (Å²) in [6.45, 7) is 4.25. The Hall–Kier alpha value is -0.790. The largest absolute Gasteiger partial charge is 0.349 e. The van der Waals surface area contributed by atoms with Crippen molar-refractivity contribution in [3.8, 4) is 0 Å². The van der Waals surface area contributed by atoms with Gasteiger partial charge in [-0.05, 0) is 19.8 Å². The van der Waals surface area contributed by atoms with Gasteiger partial charge in [-0.15, -0.1) is 0 Å². The first-order valence-corrected chi connectivity index (χ1v) is 5.34. The summed E-state index contributed by atoms with van der Waals surface area (Å²) in [5.74, 6) is 1.03. The van der Waals surface area contributed by atoms with Gasteiger partial charge in [0.2, 0.25) is 0 Å². The summed E-state index contributed by atoms with van der Waals surface area (Å²) in [7, 11) is 0. The molecule has 0 aromatic carbocycles. The number of imidazole rings is 1. The number of H-pyrrole nitrogens is 1. The van der Waals surface area contributed by atoms with Crippen LogP contribution in [0.4, 0.5) is 0 Å². The quantitative estimate of drug-likeness (QED) is 0.669. The third-order valence-corrected chi connectivity index (χ3v) is 2.30. The second kappa shape index (κ2) is 5.79. The van der Waals surface area contributed by atoms with E-state index in [0.717, 1.165) is 12.2 Å². The summed E-state index contributed by atoms with van der Waals surface area (Å²) in [5.41, 5.74) is 1.22. The Morgan fingerprint density at radius 2 is 2.00 bits per heavy atom. The first-order valence-electron chi connectivity index (χ1n) is 5.34. The monoisotopic (exact) mass is 180 g/mol. The van der Waals surface area contributed by atoms with Crippen molar-refractivity contribution in [2.24, 2.45) is 0 Å². The fourth-order valence-electron chi connectivity index (χ4n) is 1.51. The molecule has 0 unspecified atom stereocenters. The molecule has 0 saturated heterocycles. The van der Waals surface area contributed by atoms with Gasteiger partial charge >= 0.3 is 0 Å². The molecule has 0 saturated carbocycles. The van der Waals surface area contributed by atoms with E-state index in [0.29, 0.717) is 0 Å². The van der Waals surface area contributed by atoms with E-state index >= 15 is 0 Å². The minimum atomic E-state index is 1.03. The fraction of sp³-hybridized carbons (Fsp3) is 0.727. The summed E-state index contributed by atoms with van der Waals surface area (Å²) in [6.07, 6.45) is 9.86. The predicted octanol–water partition coefficient (Wildman–Crippen LogP) is 3.23. The Kier molecular flexibility index (Phi) is 4.58. The average Bonchev–Trinajstić information content (AvgIpc) is 2.51. The van der Waals surface area contributed by atoms with Crippen molar-refractivity contribution in [1.82, 2.24) is 9.97 Å². The zero-order valence-electron chi connectivity index (χ0n) is 8.77. The highest BCUT2D eigenvalue weighted by atomic mass is 14.9. The number of hydrogen-bond donors (Lipinski definition) is 1. The highest BCUT2D eigenvalue weighted by Crippen LogP contribution is 2.06. The third kappa shape index (κ3) is 4.11. The van der Waals surface area contributed by atoms with Crippen LogP contribution >= 0.6 is 0 Å². The van der Waals surface area contributed by atoms with Gasteiger partial charge in [-0.2, -0.15) is 0 Å². The molecule has 1 N–H and O–H groups in total. The normalized spacial score (nSPS) is 10.6. The second-order valence-electron chi connectivity index (χ2n) is 3.64. The number of aromatic nitrogens is 2. The van der Waals surface area contributed by atoms with Gasteiger partial charge in [0.05, 0.1) is 5.69 Å². The molecule has 2 nitrogen and oxygen atoms in total. The molecule has 0 fully saturated rings. The number of nitrogens with zero attached hydrogens (tertiary/aromatic N) is 1. The molecule has 0 amide bonds. The van der Waals surface area contributed by atoms with Crippen molar-refractivity contribution in [3.63, 3.8) is 0 Å². The van der Waals surface area contributed by atoms with Crippen LogP contribution in [-0.2, 0) is 6.42 Å². The highest BCUT2D eigenvalue weighted by molar-refractivity contribution is 4.99. The highest BCUT2D eigenvalue weighted by Gasteiger charge is 1.96. The maximum Gasteiger partial charge on any atom is 0.103 e. The van der Waals surface area contributed by atoms with Gasteiger partial charge in [0, 0.05) is 6.20 Å². The number of nitrogens with one attached hydrogen (secondary N) is 1. The van der Waals surface area contributed by atoms with Crippen LogP contribution in [0, 0.1) is 6.92 Å². The number of unbranched alkanes of at least 4 members (excludes halogenated alkanes) is 4. The molecule has 0 spiro atoms. The van der Waals surface area contributed by atoms with Gasteiger partial charge in [0.1, 0.15) is 5.82 Å². The third-order valence-electron chi connectivity index (χ3n) is 2.30. The molecule has 13 heavy (non-hydrogen) atoms. The lowest BCUT2D eigenvalue weighted by Crippen LogP contribution is -1.86. The second-order valence-corrected chi connectivity index (χ2v) is 3.64. The SMILES string of the molecule is CCCCCCCc1c[nH]c(C)n1. The van der Waals surface area contributed by atoms with E-state index in [2.05, 4.69) is 16.9 Å². The summed E-state index contributed by atoms with van der Waals surface area (Å²) in [4.78, 5) is 7.48. The van der Waals surface area contributed by atoms with E-state index in [1.165, 1.54) is 37.8 Å². The maximum atomic E-state index is 4.37. The number of hydrogen-bond acceptors (Lipinski definition) is 1. The Balaban J connectivity index is 2.06. The molecular weight excluding hydrogens is 160 g/mol. The van der Waals surface area contributed by atoms with Gasteiger partial charge in [-0.1, -0.05) is 32.6 Å². The smallest absolute Gasteiger partial charge is 0.103 e. The van der Waals surface area contributed by atoms with Crippen molar-refractivity contribution < 1.29 is 0 Å². The maximum absolute atomic E-state index is 4.37. The lowest BCUT2D eigenvalue weighted by Gasteiger charge is -1.97. The van der Waals surface area contributed by atoms with E-state index in [9.17, 15) is 0 Å². The van der Waals surface area contributed by atoms with E-state index in [1.807, 2.05) is 13.1 Å². The van der Waals surface area contributed by atoms with Crippen LogP contribution in [0.15, 0.2) is 6.20 Å². The van der Waals surface area contributed by atoms with E-state index in [1.54, 1.807) is 0 Å². The Morgan fingerprint density at radius 3 is 2.62 bits per heavy atom. The molecule has 0 aliphatic rings. The van der Waals surface area contributed by atoms with Crippen molar-refractivity contribution in [3.05, 3.63) is 17.7 Å². The van der Waals surface area contributed by atoms with Gasteiger partial charge in [-0.25, -0.2) is 4.98 Å². The number of rotatable bonds is 6. The van der Waals surface area contributed by atoms with Gasteiger partial charge in [-0.3, -0.25) is 0 Å². The molecule has 1 aromatic heterocycles. The average molecular weight is 180 g/mol. The van der Waals surface area contributed by atoms with Gasteiger partial charge in [0.25, 0.3) is 0 Å². The van der Waals surface area contributed by atoms with E-state index in [-0.39, 0.29) is 0 Å². The Labute approximate surface area is 80.8 Å². The van der Waals surface area contributed by atoms with Crippen LogP contribution in [0.1, 0.15) is 50.5 Å². The summed E-state index contributed by atoms with van der Waals surface area (Å²) >= 11 is 0. The molecule has 1 aromatic rings. The first kappa shape index (κ1) is 10.3. The van der Waals surface area contributed by atoms with Gasteiger partial charge in [0.15, 0.2) is 0 Å². The molecule has 1 heterocycles. The lowest BCUT2D eigenvalue weighted by atomic mass is 10.1. The van der Waals surface area contributed by atoms with Crippen LogP contribution < -0.4 is 0 Å². The predicted molar refractivity (Wildman–Crippen MR) is 55.8 cm³/mol. The zero-order chi connectivity index (χ0) is 9.52. The standard InChI is InChI=1S/C11H20N2/c1-3-4-5-6-7-8-11-9-12-10(2)13-11/h9H,3-8H2,1-2H3,(H,12,13). The molecule has 2 heteroatoms. The van der Waals surface area contributed by atoms with Crippen LogP contribution in [0.25, 0.3) is 0 Å². The fourth-order valence-corrected chi connectivity index (χ4v) is 1.51. The van der Waals surface area contributed by atoms with Crippen molar-refractivity contribution in [2.45, 2.75) is 52.4 Å². The molecule has 74 valence electrons. The van der Waals surface area contributed by atoms with E-state index in [4.69, 9.17) is 0 Å². The molecule has 0 aliphatic carbocycles. The zero-order valence-corrected chi connectivity index (χ0v) is 8.77. The molecular formula is C11H20N2. The number of aryl methyl sites for hydroxylation is 2. The number of aromatic amines is 1. The van der Waals surface area contributed by atoms with Crippen LogP contribution in [0.2, 0.25) is 0 Å². The molecule has 0 aliphatic heterocycles. The topological polar surface area (TPSA) is 28.7 Å². The van der Waals surface area contributed by atoms with E-state index < -0.39 is 0 Å². The van der Waals surface area contributed by atoms with Crippen LogP contribution in [0.3, 0.4) is 0 Å². The van der Waals surface area contributed by atoms with Crippen molar-refractivity contribution in [2.75, 3.05) is 0 Å². The Bertz CT molecular complexity index is 228. The molecule has 1 rings (SSSR count). The summed E-state index contributed by atoms with van der Waals surface area (Å²) in [6, 6.07) is 0. The van der Waals surface area contributed by atoms with Crippen molar-refractivity contribution >= 4 is 0 Å². The van der Waals surface area contributed by atoms with Gasteiger partial charge < -0.3 is 4.98 Å². The molecule has 0 radical (unpaired) electrons. The lowest BCUT2D eigenvalue weighted by molar-refractivity contribution is 0.629. The molecule has 0 bridgehead atoms. The minimum absolute atomic E-state index is 1.03. The molecule has 0 atom stereocenters. The Morgan fingerprint density at radius 1 is 1.23 bits per heavy atom. The minimum Gasteiger partial charge on any atom is -0.349 e. The van der Waals surface area contributed by atoms with Crippen LogP contribution in [0.5, 0.6) is 0 Å². The van der Waals surface area contributed by atoms with Crippen molar-refractivity contribution in [1.29, 1.82) is 0 Å². The summed E-state index contributed by atoms with van der Waals surface area (Å²) < 4.78 is 0.